The van der Waals surface area contributed by atoms with Crippen LogP contribution < -0.4 is 14.8 Å². The molecule has 2 aromatic carbocycles. The van der Waals surface area contributed by atoms with E-state index in [1.165, 1.54) is 23.1 Å². The van der Waals surface area contributed by atoms with Crippen molar-refractivity contribution in [2.24, 2.45) is 0 Å². The van der Waals surface area contributed by atoms with Gasteiger partial charge in [-0.1, -0.05) is 30.7 Å². The van der Waals surface area contributed by atoms with Crippen LogP contribution >= 0.6 is 22.9 Å². The molecule has 0 spiro atoms. The average molecular weight is 548 g/mol. The van der Waals surface area contributed by atoms with Gasteiger partial charge in [0.2, 0.25) is 5.91 Å². The number of thiophene rings is 1. The molecule has 3 rings (SSSR count). The normalized spacial score (nSPS) is 10.6. The lowest BCUT2D eigenvalue weighted by atomic mass is 10.1. The van der Waals surface area contributed by atoms with E-state index >= 15 is 0 Å². The summed E-state index contributed by atoms with van der Waals surface area (Å²) in [5, 5.41) is 4.59. The highest BCUT2D eigenvalue weighted by atomic mass is 35.5. The maximum absolute atomic E-state index is 13.5. The predicted molar refractivity (Wildman–Crippen MR) is 145 cm³/mol. The number of benzene rings is 2. The van der Waals surface area contributed by atoms with Crippen molar-refractivity contribution in [2.45, 2.75) is 26.3 Å². The maximum Gasteiger partial charge on any atom is 0.322 e. The number of rotatable bonds is 12. The number of methoxy groups -OCH3 is 2. The summed E-state index contributed by atoms with van der Waals surface area (Å²) in [5.74, 6) is 0.526. The zero-order chi connectivity index (χ0) is 26.8. The van der Waals surface area contributed by atoms with Gasteiger partial charge in [0, 0.05) is 23.7 Å². The molecule has 37 heavy (non-hydrogen) atoms. The van der Waals surface area contributed by atoms with Crippen LogP contribution in [0.5, 0.6) is 11.5 Å². The molecular weight excluding hydrogens is 517 g/mol. The van der Waals surface area contributed by atoms with E-state index in [0.29, 0.717) is 49.7 Å². The van der Waals surface area contributed by atoms with Crippen molar-refractivity contribution in [3.63, 3.8) is 0 Å². The molecule has 1 aromatic heterocycles. The first kappa shape index (κ1) is 28.3. The van der Waals surface area contributed by atoms with Crippen molar-refractivity contribution in [2.75, 3.05) is 39.2 Å². The van der Waals surface area contributed by atoms with E-state index in [-0.39, 0.29) is 17.5 Å². The fourth-order valence-corrected chi connectivity index (χ4v) is 4.64. The zero-order valence-electron chi connectivity index (χ0n) is 21.1. The third-order valence-electron chi connectivity index (χ3n) is 5.68. The summed E-state index contributed by atoms with van der Waals surface area (Å²) in [4.78, 5) is 30.7. The highest BCUT2D eigenvalue weighted by Crippen LogP contribution is 2.28. The molecule has 7 nitrogen and oxygen atoms in total. The van der Waals surface area contributed by atoms with E-state index in [1.54, 1.807) is 30.5 Å². The SMILES string of the molecule is CCCN(CC(=O)N(CCc1ccc(OC)c(OC)c1)Cc1cccs1)C(=O)Nc1ccc(F)c(Cl)c1. The zero-order valence-corrected chi connectivity index (χ0v) is 22.7. The number of nitrogens with one attached hydrogen (secondary N) is 1. The topological polar surface area (TPSA) is 71.1 Å². The lowest BCUT2D eigenvalue weighted by Gasteiger charge is -2.27. The largest absolute Gasteiger partial charge is 0.493 e. The molecule has 0 saturated heterocycles. The van der Waals surface area contributed by atoms with Crippen molar-refractivity contribution < 1.29 is 23.5 Å². The minimum atomic E-state index is -0.570. The second kappa shape index (κ2) is 13.9. The van der Waals surface area contributed by atoms with Gasteiger partial charge in [0.25, 0.3) is 0 Å². The van der Waals surface area contributed by atoms with Gasteiger partial charge in [-0.2, -0.15) is 0 Å². The van der Waals surface area contributed by atoms with Crippen LogP contribution in [0.25, 0.3) is 0 Å². The summed E-state index contributed by atoms with van der Waals surface area (Å²) < 4.78 is 24.2. The van der Waals surface area contributed by atoms with Crippen molar-refractivity contribution in [1.82, 2.24) is 9.80 Å². The van der Waals surface area contributed by atoms with Gasteiger partial charge in [0.1, 0.15) is 12.4 Å². The quantitative estimate of drug-likeness (QED) is 0.298. The van der Waals surface area contributed by atoms with Crippen LogP contribution in [0.3, 0.4) is 0 Å². The molecule has 0 atom stereocenters. The summed E-state index contributed by atoms with van der Waals surface area (Å²) in [5.41, 5.74) is 1.35. The van der Waals surface area contributed by atoms with Crippen molar-refractivity contribution in [1.29, 1.82) is 0 Å². The van der Waals surface area contributed by atoms with Crippen molar-refractivity contribution >= 4 is 40.6 Å². The van der Waals surface area contributed by atoms with Crippen LogP contribution in [-0.4, -0.2) is 55.6 Å². The van der Waals surface area contributed by atoms with Crippen molar-refractivity contribution in [3.05, 3.63) is 75.2 Å². The van der Waals surface area contributed by atoms with Crippen molar-refractivity contribution in [3.8, 4) is 11.5 Å². The Hall–Kier alpha value is -3.30. The Kier molecular flexibility index (Phi) is 10.6. The van der Waals surface area contributed by atoms with Gasteiger partial charge in [-0.15, -0.1) is 11.3 Å². The van der Waals surface area contributed by atoms with E-state index in [9.17, 15) is 14.0 Å². The molecule has 0 unspecified atom stereocenters. The number of halogens is 2. The Morgan fingerprint density at radius 1 is 1.03 bits per heavy atom. The number of carbonyl (C=O) groups is 2. The van der Waals surface area contributed by atoms with Gasteiger partial charge < -0.3 is 24.6 Å². The number of hydrogen-bond acceptors (Lipinski definition) is 5. The highest BCUT2D eigenvalue weighted by molar-refractivity contribution is 7.09. The Morgan fingerprint density at radius 2 is 1.81 bits per heavy atom. The van der Waals surface area contributed by atoms with Crippen LogP contribution in [0.4, 0.5) is 14.9 Å². The third-order valence-corrected chi connectivity index (χ3v) is 6.83. The summed E-state index contributed by atoms with van der Waals surface area (Å²) in [6.07, 6.45) is 1.27. The second-order valence-electron chi connectivity index (χ2n) is 8.31. The number of carbonyl (C=O) groups excluding carboxylic acids is 2. The monoisotopic (exact) mass is 547 g/mol. The Labute approximate surface area is 225 Å². The smallest absolute Gasteiger partial charge is 0.322 e. The first-order valence-corrected chi connectivity index (χ1v) is 13.1. The molecule has 1 N–H and O–H groups in total. The Bertz CT molecular complexity index is 1190. The van der Waals surface area contributed by atoms with Gasteiger partial charge in [-0.25, -0.2) is 9.18 Å². The van der Waals surface area contributed by atoms with Crippen LogP contribution in [0.1, 0.15) is 23.8 Å². The summed E-state index contributed by atoms with van der Waals surface area (Å²) in [7, 11) is 3.17. The molecule has 3 aromatic rings. The molecule has 3 amide bonds. The molecule has 10 heteroatoms. The first-order chi connectivity index (χ1) is 17.8. The third kappa shape index (κ3) is 8.10. The van der Waals surface area contributed by atoms with Crippen LogP contribution in [0.15, 0.2) is 53.9 Å². The number of ether oxygens (including phenoxy) is 2. The van der Waals surface area contributed by atoms with Crippen LogP contribution in [-0.2, 0) is 17.8 Å². The lowest BCUT2D eigenvalue weighted by molar-refractivity contribution is -0.132. The van der Waals surface area contributed by atoms with Crippen LogP contribution in [0.2, 0.25) is 5.02 Å². The van der Waals surface area contributed by atoms with Gasteiger partial charge in [0.15, 0.2) is 11.5 Å². The Balaban J connectivity index is 1.72. The predicted octanol–water partition coefficient (Wildman–Crippen LogP) is 6.07. The molecule has 1 heterocycles. The molecule has 0 aliphatic carbocycles. The molecule has 0 saturated carbocycles. The van der Waals surface area contributed by atoms with Gasteiger partial charge >= 0.3 is 6.03 Å². The summed E-state index contributed by atoms with van der Waals surface area (Å²) in [6, 6.07) is 13.1. The molecule has 0 aliphatic rings. The minimum absolute atomic E-state index is 0.0896. The minimum Gasteiger partial charge on any atom is -0.493 e. The molecular formula is C27H31ClFN3O4S. The van der Waals surface area contributed by atoms with E-state index in [1.807, 2.05) is 42.6 Å². The molecule has 198 valence electrons. The van der Waals surface area contributed by atoms with E-state index < -0.39 is 11.8 Å². The van der Waals surface area contributed by atoms with Gasteiger partial charge in [-0.3, -0.25) is 4.79 Å². The first-order valence-electron chi connectivity index (χ1n) is 11.9. The molecule has 0 aliphatic heterocycles. The number of urea groups is 1. The summed E-state index contributed by atoms with van der Waals surface area (Å²) in [6.45, 7) is 3.13. The number of nitrogens with zero attached hydrogens (tertiary/aromatic N) is 2. The average Bonchev–Trinajstić information content (AvgIpc) is 3.41. The second-order valence-corrected chi connectivity index (χ2v) is 9.75. The van der Waals surface area contributed by atoms with Crippen LogP contribution in [0, 0.1) is 5.82 Å². The maximum atomic E-state index is 13.5. The lowest BCUT2D eigenvalue weighted by Crippen LogP contribution is -2.45. The standard InChI is InChI=1S/C27H31ClFN3O4S/c1-4-12-32(27(34)30-20-8-9-23(29)22(28)16-20)18-26(33)31(17-21-6-5-14-37-21)13-11-19-7-10-24(35-2)25(15-19)36-3/h5-10,14-16H,4,11-13,17-18H2,1-3H3,(H,30,34). The molecule has 0 radical (unpaired) electrons. The summed E-state index contributed by atoms with van der Waals surface area (Å²) >= 11 is 7.41. The fraction of sp³-hybridized carbons (Fsp3) is 0.333. The van der Waals surface area contributed by atoms with E-state index in [0.717, 1.165) is 10.4 Å². The highest BCUT2D eigenvalue weighted by Gasteiger charge is 2.22. The molecule has 0 fully saturated rings. The Morgan fingerprint density at radius 3 is 2.46 bits per heavy atom. The fourth-order valence-electron chi connectivity index (χ4n) is 3.74. The van der Waals surface area contributed by atoms with Gasteiger partial charge in [0.05, 0.1) is 25.8 Å². The van der Waals surface area contributed by atoms with Gasteiger partial charge in [-0.05, 0) is 60.2 Å². The van der Waals surface area contributed by atoms with E-state index in [2.05, 4.69) is 5.32 Å². The van der Waals surface area contributed by atoms with E-state index in [4.69, 9.17) is 21.1 Å². The number of amides is 3. The number of anilines is 1. The molecule has 0 bridgehead atoms. The number of hydrogen-bond donors (Lipinski definition) is 1.